The Morgan fingerprint density at radius 3 is 2.88 bits per heavy atom. The molecule has 0 aliphatic carbocycles. The van der Waals surface area contributed by atoms with Gasteiger partial charge in [-0.15, -0.1) is 0 Å². The Bertz CT molecular complexity index is 889. The van der Waals surface area contributed by atoms with Crippen LogP contribution in [0.3, 0.4) is 0 Å². The number of rotatable bonds is 5. The molecule has 2 heterocycles. The molecule has 0 atom stereocenters. The Kier molecular flexibility index (Phi) is 4.57. The minimum absolute atomic E-state index is 0.121. The van der Waals surface area contributed by atoms with Crippen LogP contribution in [0, 0.1) is 6.92 Å². The summed E-state index contributed by atoms with van der Waals surface area (Å²) in [6.45, 7) is -0.970. The number of thioether (sulfide) groups is 1. The van der Waals surface area contributed by atoms with Gasteiger partial charge in [-0.1, -0.05) is 23.9 Å². The number of alkyl halides is 2. The first-order chi connectivity index (χ1) is 11.5. The Hall–Kier alpha value is -2.35. The maximum absolute atomic E-state index is 13.4. The molecule has 3 aromatic rings. The van der Waals surface area contributed by atoms with Crippen LogP contribution < -0.4 is 0 Å². The molecule has 2 aromatic heterocycles. The predicted octanol–water partition coefficient (Wildman–Crippen LogP) is 4.41. The first-order valence-corrected chi connectivity index (χ1v) is 8.05. The third kappa shape index (κ3) is 3.01. The highest BCUT2D eigenvalue weighted by atomic mass is 32.2. The van der Waals surface area contributed by atoms with E-state index >= 15 is 0 Å². The maximum Gasteiger partial charge on any atom is 0.374 e. The molecule has 0 unspecified atom stereocenters. The number of halogens is 2. The van der Waals surface area contributed by atoms with Gasteiger partial charge >= 0.3 is 12.5 Å². The summed E-state index contributed by atoms with van der Waals surface area (Å²) in [5.41, 5.74) is 1.52. The maximum atomic E-state index is 13.4. The van der Waals surface area contributed by atoms with Gasteiger partial charge in [-0.2, -0.15) is 8.78 Å². The number of aromatic nitrogens is 2. The lowest BCUT2D eigenvalue weighted by atomic mass is 10.3. The molecular formula is C16H14F2N2O3S. The highest BCUT2D eigenvalue weighted by Crippen LogP contribution is 2.31. The van der Waals surface area contributed by atoms with Crippen molar-refractivity contribution in [3.63, 3.8) is 0 Å². The molecule has 126 valence electrons. The van der Waals surface area contributed by atoms with E-state index in [9.17, 15) is 13.6 Å². The Morgan fingerprint density at radius 2 is 2.17 bits per heavy atom. The summed E-state index contributed by atoms with van der Waals surface area (Å²) in [5.74, 6) is 0.318. The quantitative estimate of drug-likeness (QED) is 0.503. The standard InChI is InChI=1S/C16H14F2N2O3S/c1-9-7-10(23-13(9)14(21)22-2)8-24-16-19-11-5-3-4-6-12(11)20(16)15(17)18/h3-7,15H,8H2,1-2H3. The summed E-state index contributed by atoms with van der Waals surface area (Å²) in [6.07, 6.45) is 0. The predicted molar refractivity (Wildman–Crippen MR) is 85.3 cm³/mol. The van der Waals surface area contributed by atoms with E-state index in [0.29, 0.717) is 22.4 Å². The van der Waals surface area contributed by atoms with Crippen molar-refractivity contribution in [1.82, 2.24) is 9.55 Å². The summed E-state index contributed by atoms with van der Waals surface area (Å²) >= 11 is 1.12. The molecule has 0 aliphatic heterocycles. The van der Waals surface area contributed by atoms with Gasteiger partial charge in [-0.3, -0.25) is 4.57 Å². The molecule has 0 aliphatic rings. The number of para-hydroxylation sites is 2. The highest BCUT2D eigenvalue weighted by Gasteiger charge is 2.20. The van der Waals surface area contributed by atoms with Gasteiger partial charge < -0.3 is 9.15 Å². The van der Waals surface area contributed by atoms with Crippen LogP contribution in [-0.4, -0.2) is 22.6 Å². The molecule has 8 heteroatoms. The van der Waals surface area contributed by atoms with Gasteiger partial charge in [0.1, 0.15) is 5.76 Å². The summed E-state index contributed by atoms with van der Waals surface area (Å²) in [7, 11) is 1.27. The zero-order valence-corrected chi connectivity index (χ0v) is 13.8. The third-order valence-electron chi connectivity index (χ3n) is 3.44. The van der Waals surface area contributed by atoms with Crippen molar-refractivity contribution in [3.05, 3.63) is 47.4 Å². The van der Waals surface area contributed by atoms with E-state index in [1.54, 1.807) is 37.3 Å². The summed E-state index contributed by atoms with van der Waals surface area (Å²) in [5, 5.41) is 0.194. The number of hydrogen-bond donors (Lipinski definition) is 0. The molecule has 0 saturated carbocycles. The van der Waals surface area contributed by atoms with Gasteiger partial charge in [0.2, 0.25) is 5.76 Å². The van der Waals surface area contributed by atoms with Gasteiger partial charge in [0.05, 0.1) is 23.9 Å². The van der Waals surface area contributed by atoms with Gasteiger partial charge in [0.15, 0.2) is 5.16 Å². The molecule has 0 bridgehead atoms. The van der Waals surface area contributed by atoms with Crippen molar-refractivity contribution in [2.45, 2.75) is 24.4 Å². The second-order valence-electron chi connectivity index (χ2n) is 5.04. The minimum Gasteiger partial charge on any atom is -0.463 e. The number of carbonyl (C=O) groups excluding carboxylic acids is 1. The van der Waals surface area contributed by atoms with E-state index in [1.165, 1.54) is 7.11 Å². The molecule has 3 rings (SSSR count). The van der Waals surface area contributed by atoms with E-state index in [0.717, 1.165) is 16.3 Å². The number of benzene rings is 1. The van der Waals surface area contributed by atoms with Crippen LogP contribution >= 0.6 is 11.8 Å². The van der Waals surface area contributed by atoms with Crippen LogP contribution in [0.25, 0.3) is 11.0 Å². The topological polar surface area (TPSA) is 57.3 Å². The average molecular weight is 352 g/mol. The van der Waals surface area contributed by atoms with Gasteiger partial charge in [0, 0.05) is 5.56 Å². The fourth-order valence-electron chi connectivity index (χ4n) is 2.36. The third-order valence-corrected chi connectivity index (χ3v) is 4.42. The number of furan rings is 1. The fourth-order valence-corrected chi connectivity index (χ4v) is 3.26. The van der Waals surface area contributed by atoms with Crippen LogP contribution in [0.4, 0.5) is 8.78 Å². The van der Waals surface area contributed by atoms with E-state index in [2.05, 4.69) is 9.72 Å². The Morgan fingerprint density at radius 1 is 1.42 bits per heavy atom. The molecular weight excluding hydrogens is 338 g/mol. The number of hydrogen-bond acceptors (Lipinski definition) is 5. The zero-order chi connectivity index (χ0) is 17.3. The number of aryl methyl sites for hydroxylation is 1. The molecule has 0 saturated heterocycles. The SMILES string of the molecule is COC(=O)c1oc(CSc2nc3ccccc3n2C(F)F)cc1C. The van der Waals surface area contributed by atoms with Gasteiger partial charge in [-0.25, -0.2) is 9.78 Å². The van der Waals surface area contributed by atoms with E-state index in [1.807, 2.05) is 0 Å². The van der Waals surface area contributed by atoms with Crippen LogP contribution in [0.1, 0.15) is 28.4 Å². The van der Waals surface area contributed by atoms with E-state index in [4.69, 9.17) is 4.42 Å². The van der Waals surface area contributed by atoms with Crippen molar-refractivity contribution in [2.75, 3.05) is 7.11 Å². The lowest BCUT2D eigenvalue weighted by Gasteiger charge is -2.06. The van der Waals surface area contributed by atoms with Crippen molar-refractivity contribution < 1.29 is 22.7 Å². The molecule has 5 nitrogen and oxygen atoms in total. The monoisotopic (exact) mass is 352 g/mol. The number of carbonyl (C=O) groups is 1. The van der Waals surface area contributed by atoms with Crippen molar-refractivity contribution in [2.24, 2.45) is 0 Å². The van der Waals surface area contributed by atoms with Gasteiger partial charge in [0.25, 0.3) is 0 Å². The molecule has 0 radical (unpaired) electrons. The second kappa shape index (κ2) is 6.64. The number of methoxy groups -OCH3 is 1. The van der Waals surface area contributed by atoms with Crippen molar-refractivity contribution >= 4 is 28.8 Å². The Labute approximate surface area is 140 Å². The van der Waals surface area contributed by atoms with Crippen LogP contribution in [0.2, 0.25) is 0 Å². The lowest BCUT2D eigenvalue weighted by Crippen LogP contribution is -2.00. The average Bonchev–Trinajstić information content (AvgIpc) is 3.12. The number of imidazole rings is 1. The number of nitrogens with zero attached hydrogens (tertiary/aromatic N) is 2. The van der Waals surface area contributed by atoms with Crippen LogP contribution in [0.5, 0.6) is 0 Å². The van der Waals surface area contributed by atoms with Crippen molar-refractivity contribution in [1.29, 1.82) is 0 Å². The summed E-state index contributed by atoms with van der Waals surface area (Å²) in [6, 6.07) is 8.41. The zero-order valence-electron chi connectivity index (χ0n) is 13.0. The first-order valence-electron chi connectivity index (χ1n) is 7.06. The van der Waals surface area contributed by atoms with E-state index < -0.39 is 12.5 Å². The lowest BCUT2D eigenvalue weighted by molar-refractivity contribution is 0.0562. The highest BCUT2D eigenvalue weighted by molar-refractivity contribution is 7.98. The van der Waals surface area contributed by atoms with E-state index in [-0.39, 0.29) is 16.7 Å². The number of fused-ring (bicyclic) bond motifs is 1. The molecule has 24 heavy (non-hydrogen) atoms. The van der Waals surface area contributed by atoms with Gasteiger partial charge in [-0.05, 0) is 25.1 Å². The number of esters is 1. The first kappa shape index (κ1) is 16.5. The van der Waals surface area contributed by atoms with Crippen LogP contribution in [0.15, 0.2) is 39.9 Å². The largest absolute Gasteiger partial charge is 0.463 e. The molecule has 0 fully saturated rings. The summed E-state index contributed by atoms with van der Waals surface area (Å²) in [4.78, 5) is 15.8. The molecule has 0 N–H and O–H groups in total. The molecule has 1 aromatic carbocycles. The van der Waals surface area contributed by atoms with Crippen molar-refractivity contribution in [3.8, 4) is 0 Å². The second-order valence-corrected chi connectivity index (χ2v) is 5.98. The molecule has 0 spiro atoms. The Balaban J connectivity index is 1.86. The van der Waals surface area contributed by atoms with Crippen LogP contribution in [-0.2, 0) is 10.5 Å². The summed E-state index contributed by atoms with van der Waals surface area (Å²) < 4.78 is 37.7. The number of ether oxygens (including phenoxy) is 1. The minimum atomic E-state index is -2.69. The normalized spacial score (nSPS) is 11.4. The molecule has 0 amide bonds. The fraction of sp³-hybridized carbons (Fsp3) is 0.250. The smallest absolute Gasteiger partial charge is 0.374 e.